The summed E-state index contributed by atoms with van der Waals surface area (Å²) in [5.74, 6) is 0. The lowest BCUT2D eigenvalue weighted by molar-refractivity contribution is 0.505. The molecule has 4 nitrogen and oxygen atoms in total. The summed E-state index contributed by atoms with van der Waals surface area (Å²) in [5, 5.41) is 1.72. The van der Waals surface area contributed by atoms with E-state index in [0.717, 1.165) is 21.3 Å². The van der Waals surface area contributed by atoms with Crippen molar-refractivity contribution in [1.29, 1.82) is 0 Å². The fourth-order valence-electron chi connectivity index (χ4n) is 2.66. The molecule has 0 radical (unpaired) electrons. The molecule has 0 aliphatic carbocycles. The molecule has 24 heavy (non-hydrogen) atoms. The fraction of sp³-hybridized carbons (Fsp3) is 0.294. The van der Waals surface area contributed by atoms with Gasteiger partial charge in [0.2, 0.25) is 10.0 Å². The van der Waals surface area contributed by atoms with E-state index >= 15 is 0 Å². The fourth-order valence-corrected chi connectivity index (χ4v) is 5.37. The van der Waals surface area contributed by atoms with Crippen LogP contribution in [-0.4, -0.2) is 19.9 Å². The van der Waals surface area contributed by atoms with Gasteiger partial charge in [-0.2, -0.15) is 0 Å². The van der Waals surface area contributed by atoms with Crippen LogP contribution in [0.3, 0.4) is 0 Å². The zero-order valence-electron chi connectivity index (χ0n) is 13.7. The molecule has 0 saturated heterocycles. The molecule has 0 unspecified atom stereocenters. The topological polar surface area (TPSA) is 62.0 Å². The molecular weight excluding hydrogens is 364 g/mol. The molecule has 3 aromatic rings. The predicted molar refractivity (Wildman–Crippen MR) is 101 cm³/mol. The van der Waals surface area contributed by atoms with Crippen LogP contribution in [0, 0.1) is 6.92 Å². The maximum atomic E-state index is 12.4. The number of thiophene rings is 1. The van der Waals surface area contributed by atoms with Crippen molar-refractivity contribution in [3.63, 3.8) is 0 Å². The molecule has 0 atom stereocenters. The van der Waals surface area contributed by atoms with Gasteiger partial charge in [0.1, 0.15) is 4.21 Å². The minimum Gasteiger partial charge on any atom is -0.361 e. The highest BCUT2D eigenvalue weighted by Crippen LogP contribution is 2.32. The lowest BCUT2D eigenvalue weighted by atomic mass is 9.85. The second kappa shape index (κ2) is 6.19. The average molecular weight is 383 g/mol. The molecule has 0 saturated carbocycles. The van der Waals surface area contributed by atoms with Gasteiger partial charge in [-0.15, -0.1) is 11.3 Å². The first-order valence-corrected chi connectivity index (χ1v) is 10.2. The van der Waals surface area contributed by atoms with Gasteiger partial charge in [-0.1, -0.05) is 31.5 Å². The van der Waals surface area contributed by atoms with Crippen molar-refractivity contribution in [2.45, 2.75) is 30.4 Å². The van der Waals surface area contributed by atoms with Crippen LogP contribution in [0.15, 0.2) is 40.7 Å². The predicted octanol–water partition coefficient (Wildman–Crippen LogP) is 4.45. The van der Waals surface area contributed by atoms with Gasteiger partial charge in [0.15, 0.2) is 0 Å². The molecule has 3 rings (SSSR count). The van der Waals surface area contributed by atoms with Crippen molar-refractivity contribution < 1.29 is 8.42 Å². The maximum Gasteiger partial charge on any atom is 0.250 e. The molecule has 1 aromatic carbocycles. The van der Waals surface area contributed by atoms with Crippen LogP contribution in [0.25, 0.3) is 10.9 Å². The minimum absolute atomic E-state index is 0.307. The Hall–Kier alpha value is -1.34. The number of aromatic nitrogens is 1. The van der Waals surface area contributed by atoms with Crippen LogP contribution in [-0.2, 0) is 15.4 Å². The van der Waals surface area contributed by atoms with Crippen molar-refractivity contribution >= 4 is 43.9 Å². The molecule has 2 heterocycles. The van der Waals surface area contributed by atoms with Crippen LogP contribution >= 0.6 is 22.9 Å². The first-order chi connectivity index (χ1) is 11.2. The van der Waals surface area contributed by atoms with Crippen LogP contribution in [0.1, 0.15) is 24.3 Å². The van der Waals surface area contributed by atoms with Gasteiger partial charge in [0.25, 0.3) is 0 Å². The Kier molecular flexibility index (Phi) is 4.51. The van der Waals surface area contributed by atoms with E-state index in [0.29, 0.717) is 15.8 Å². The van der Waals surface area contributed by atoms with Gasteiger partial charge in [-0.05, 0) is 36.8 Å². The lowest BCUT2D eigenvalue weighted by Crippen LogP contribution is -2.36. The first kappa shape index (κ1) is 17.5. The van der Waals surface area contributed by atoms with E-state index < -0.39 is 10.0 Å². The summed E-state index contributed by atoms with van der Waals surface area (Å²) in [7, 11) is -3.49. The third-order valence-corrected chi connectivity index (χ3v) is 7.19. The number of halogens is 1. The molecule has 2 aromatic heterocycles. The standard InChI is InChI=1S/C17H19ClN2O2S2/c1-11-4-7-16(23-11)24(21,22)20-10-17(2,3)14-9-19-15-8-12(18)5-6-13(14)15/h4-9,19-20H,10H2,1-3H3. The number of sulfonamides is 1. The van der Waals surface area contributed by atoms with E-state index in [1.54, 1.807) is 6.07 Å². The molecular formula is C17H19ClN2O2S2. The number of aromatic amines is 1. The first-order valence-electron chi connectivity index (χ1n) is 7.52. The van der Waals surface area contributed by atoms with Crippen LogP contribution in [0.4, 0.5) is 0 Å². The van der Waals surface area contributed by atoms with Gasteiger partial charge in [-0.25, -0.2) is 13.1 Å². The monoisotopic (exact) mass is 382 g/mol. The zero-order chi connectivity index (χ0) is 17.5. The molecule has 0 aliphatic rings. The lowest BCUT2D eigenvalue weighted by Gasteiger charge is -2.24. The third-order valence-electron chi connectivity index (χ3n) is 4.06. The van der Waals surface area contributed by atoms with Crippen LogP contribution in [0.5, 0.6) is 0 Å². The summed E-state index contributed by atoms with van der Waals surface area (Å²) >= 11 is 7.30. The Balaban J connectivity index is 1.85. The van der Waals surface area contributed by atoms with E-state index in [4.69, 9.17) is 11.6 Å². The number of aryl methyl sites for hydroxylation is 1. The number of H-pyrrole nitrogens is 1. The largest absolute Gasteiger partial charge is 0.361 e. The second-order valence-corrected chi connectivity index (χ2v) is 10.2. The number of rotatable bonds is 5. The van der Waals surface area contributed by atoms with E-state index in [-0.39, 0.29) is 5.41 Å². The van der Waals surface area contributed by atoms with Gasteiger partial charge in [0, 0.05) is 39.0 Å². The third kappa shape index (κ3) is 3.37. The maximum absolute atomic E-state index is 12.4. The van der Waals surface area contributed by atoms with Crippen molar-refractivity contribution in [3.8, 4) is 0 Å². The highest BCUT2D eigenvalue weighted by Gasteiger charge is 2.27. The number of benzene rings is 1. The zero-order valence-corrected chi connectivity index (χ0v) is 16.1. The van der Waals surface area contributed by atoms with Gasteiger partial charge >= 0.3 is 0 Å². The molecule has 0 spiro atoms. The quantitative estimate of drug-likeness (QED) is 0.684. The van der Waals surface area contributed by atoms with Gasteiger partial charge in [-0.3, -0.25) is 0 Å². The summed E-state index contributed by atoms with van der Waals surface area (Å²) in [6.07, 6.45) is 1.92. The smallest absolute Gasteiger partial charge is 0.250 e. The van der Waals surface area contributed by atoms with Crippen LogP contribution < -0.4 is 4.72 Å². The van der Waals surface area contributed by atoms with E-state index in [1.165, 1.54) is 11.3 Å². The molecule has 0 fully saturated rings. The molecule has 0 bridgehead atoms. The summed E-state index contributed by atoms with van der Waals surface area (Å²) in [5.41, 5.74) is 1.63. The van der Waals surface area contributed by atoms with E-state index in [1.807, 2.05) is 51.2 Å². The minimum atomic E-state index is -3.49. The normalized spacial score (nSPS) is 12.8. The average Bonchev–Trinajstić information content (AvgIpc) is 3.12. The van der Waals surface area contributed by atoms with Crippen molar-refractivity contribution in [2.75, 3.05) is 6.54 Å². The van der Waals surface area contributed by atoms with E-state index in [2.05, 4.69) is 9.71 Å². The number of hydrogen-bond donors (Lipinski definition) is 2. The van der Waals surface area contributed by atoms with E-state index in [9.17, 15) is 8.42 Å². The highest BCUT2D eigenvalue weighted by atomic mass is 35.5. The molecule has 7 heteroatoms. The Labute approximate surface area is 150 Å². The number of fused-ring (bicyclic) bond motifs is 1. The van der Waals surface area contributed by atoms with Gasteiger partial charge in [0.05, 0.1) is 0 Å². The Morgan fingerprint density at radius 2 is 2.00 bits per heavy atom. The Morgan fingerprint density at radius 3 is 2.67 bits per heavy atom. The van der Waals surface area contributed by atoms with Crippen molar-refractivity contribution in [1.82, 2.24) is 9.71 Å². The molecule has 2 N–H and O–H groups in total. The molecule has 0 aliphatic heterocycles. The Morgan fingerprint density at radius 1 is 1.25 bits per heavy atom. The summed E-state index contributed by atoms with van der Waals surface area (Å²) in [6.45, 7) is 6.24. The van der Waals surface area contributed by atoms with Crippen molar-refractivity contribution in [3.05, 3.63) is 52.0 Å². The number of nitrogens with one attached hydrogen (secondary N) is 2. The Bertz CT molecular complexity index is 987. The molecule has 0 amide bonds. The molecule has 128 valence electrons. The van der Waals surface area contributed by atoms with Crippen molar-refractivity contribution in [2.24, 2.45) is 0 Å². The summed E-state index contributed by atoms with van der Waals surface area (Å²) in [6, 6.07) is 9.13. The SMILES string of the molecule is Cc1ccc(S(=O)(=O)NCC(C)(C)c2c[nH]c3cc(Cl)ccc23)s1. The summed E-state index contributed by atoms with van der Waals surface area (Å²) < 4.78 is 28.0. The summed E-state index contributed by atoms with van der Waals surface area (Å²) in [4.78, 5) is 4.18. The van der Waals surface area contributed by atoms with Crippen LogP contribution in [0.2, 0.25) is 5.02 Å². The van der Waals surface area contributed by atoms with Gasteiger partial charge < -0.3 is 4.98 Å². The highest BCUT2D eigenvalue weighted by molar-refractivity contribution is 7.91. The number of hydrogen-bond acceptors (Lipinski definition) is 3. The second-order valence-electron chi connectivity index (χ2n) is 6.47.